The van der Waals surface area contributed by atoms with E-state index in [4.69, 9.17) is 9.47 Å². The minimum atomic E-state index is -1.66. The highest BCUT2D eigenvalue weighted by Crippen LogP contribution is 2.56. The maximum absolute atomic E-state index is 12.2. The molecule has 2 rings (SSSR count). The molecule has 0 N–H and O–H groups in total. The molecule has 0 radical (unpaired) electrons. The smallest absolute Gasteiger partial charge is 0.157 e. The number of methoxy groups -OCH3 is 2. The fraction of sp³-hybridized carbons (Fsp3) is 0.500. The Balaban J connectivity index is 2.80. The van der Waals surface area contributed by atoms with Crippen LogP contribution < -0.4 is 0 Å². The molecule has 4 heteroatoms. The number of rotatable bonds is 4. The summed E-state index contributed by atoms with van der Waals surface area (Å²) in [7, 11) is 1.72. The van der Waals surface area contributed by atoms with Crippen LogP contribution in [0.3, 0.4) is 0 Å². The average molecular weight is 318 g/mol. The van der Waals surface area contributed by atoms with Gasteiger partial charge in [0.2, 0.25) is 0 Å². The number of carbonyl (C=O) groups is 1. The maximum atomic E-state index is 12.2. The van der Waals surface area contributed by atoms with Crippen molar-refractivity contribution < 1.29 is 14.3 Å². The summed E-state index contributed by atoms with van der Waals surface area (Å²) in [5.41, 5.74) is 3.06. The standard InChI is InChI=1S/C18H26O3Si/c1-12-10-13(19)11-18(2)14(8-9-20-3)17(22(5,6)7)16(21-4)15(12)18/h8-10H,11H2,1-7H3/t18-/m1/s1. The highest BCUT2D eigenvalue weighted by Gasteiger charge is 2.49. The van der Waals surface area contributed by atoms with E-state index in [2.05, 4.69) is 26.6 Å². The molecule has 0 aromatic heterocycles. The summed E-state index contributed by atoms with van der Waals surface area (Å²) >= 11 is 0. The van der Waals surface area contributed by atoms with Crippen molar-refractivity contribution in [2.24, 2.45) is 5.41 Å². The Bertz CT molecular complexity index is 629. The van der Waals surface area contributed by atoms with Gasteiger partial charge in [-0.3, -0.25) is 4.79 Å². The lowest BCUT2D eigenvalue weighted by Gasteiger charge is -2.33. The molecule has 2 aliphatic rings. The lowest BCUT2D eigenvalue weighted by Crippen LogP contribution is -2.29. The van der Waals surface area contributed by atoms with Crippen molar-refractivity contribution in [3.8, 4) is 0 Å². The van der Waals surface area contributed by atoms with Crippen LogP contribution in [0.5, 0.6) is 0 Å². The van der Waals surface area contributed by atoms with Crippen LogP contribution in [0.15, 0.2) is 46.1 Å². The van der Waals surface area contributed by atoms with Crippen molar-refractivity contribution >= 4 is 13.9 Å². The predicted molar refractivity (Wildman–Crippen MR) is 92.0 cm³/mol. The zero-order chi connectivity index (χ0) is 16.7. The van der Waals surface area contributed by atoms with Crippen LogP contribution in [0, 0.1) is 5.41 Å². The third-order valence-corrected chi connectivity index (χ3v) is 6.49. The Morgan fingerprint density at radius 3 is 2.41 bits per heavy atom. The fourth-order valence-corrected chi connectivity index (χ4v) is 5.85. The largest absolute Gasteiger partial charge is 0.504 e. The van der Waals surface area contributed by atoms with Gasteiger partial charge in [0.25, 0.3) is 0 Å². The van der Waals surface area contributed by atoms with Crippen LogP contribution in [0.1, 0.15) is 20.3 Å². The number of allylic oxidation sites excluding steroid dienone is 6. The first-order chi connectivity index (χ1) is 10.2. The predicted octanol–water partition coefficient (Wildman–Crippen LogP) is 4.16. The van der Waals surface area contributed by atoms with Crippen molar-refractivity contribution in [2.45, 2.75) is 39.9 Å². The molecule has 0 saturated heterocycles. The Kier molecular flexibility index (Phi) is 4.26. The molecule has 0 aliphatic heterocycles. The van der Waals surface area contributed by atoms with E-state index in [0.717, 1.165) is 11.3 Å². The van der Waals surface area contributed by atoms with Crippen molar-refractivity contribution in [3.05, 3.63) is 46.1 Å². The molecular weight excluding hydrogens is 292 g/mol. The first kappa shape index (κ1) is 16.8. The summed E-state index contributed by atoms with van der Waals surface area (Å²) in [6.45, 7) is 11.1. The lowest BCUT2D eigenvalue weighted by atomic mass is 9.69. The number of ketones is 1. The van der Waals surface area contributed by atoms with Crippen molar-refractivity contribution in [3.63, 3.8) is 0 Å². The molecule has 0 bridgehead atoms. The van der Waals surface area contributed by atoms with E-state index in [1.54, 1.807) is 26.6 Å². The van der Waals surface area contributed by atoms with Crippen LogP contribution in [-0.4, -0.2) is 28.1 Å². The van der Waals surface area contributed by atoms with Gasteiger partial charge in [-0.15, -0.1) is 0 Å². The van der Waals surface area contributed by atoms with E-state index in [9.17, 15) is 4.79 Å². The zero-order valence-corrected chi connectivity index (χ0v) is 15.7. The summed E-state index contributed by atoms with van der Waals surface area (Å²) in [5, 5.41) is 1.29. The molecule has 0 saturated carbocycles. The molecule has 0 heterocycles. The van der Waals surface area contributed by atoms with Crippen molar-refractivity contribution in [2.75, 3.05) is 14.2 Å². The topological polar surface area (TPSA) is 35.5 Å². The Hall–Kier alpha value is -1.55. The van der Waals surface area contributed by atoms with E-state index in [0.29, 0.717) is 6.42 Å². The molecular formula is C18H26O3Si. The highest BCUT2D eigenvalue weighted by molar-refractivity contribution is 6.84. The van der Waals surface area contributed by atoms with E-state index in [-0.39, 0.29) is 11.2 Å². The van der Waals surface area contributed by atoms with Crippen LogP contribution in [0.25, 0.3) is 0 Å². The summed E-state index contributed by atoms with van der Waals surface area (Å²) in [6, 6.07) is 0. The van der Waals surface area contributed by atoms with Gasteiger partial charge in [-0.2, -0.15) is 0 Å². The van der Waals surface area contributed by atoms with Gasteiger partial charge in [-0.25, -0.2) is 0 Å². The molecule has 0 unspecified atom stereocenters. The summed E-state index contributed by atoms with van der Waals surface area (Å²) < 4.78 is 11.0. The van der Waals surface area contributed by atoms with Gasteiger partial charge in [0, 0.05) is 17.4 Å². The monoisotopic (exact) mass is 318 g/mol. The number of hydrogen-bond donors (Lipinski definition) is 0. The minimum Gasteiger partial charge on any atom is -0.504 e. The van der Waals surface area contributed by atoms with Crippen LogP contribution in [-0.2, 0) is 14.3 Å². The molecule has 2 aliphatic carbocycles. The van der Waals surface area contributed by atoms with Gasteiger partial charge < -0.3 is 9.47 Å². The number of hydrogen-bond acceptors (Lipinski definition) is 3. The molecule has 0 amide bonds. The number of fused-ring (bicyclic) bond motifs is 1. The van der Waals surface area contributed by atoms with Crippen LogP contribution in [0.2, 0.25) is 19.6 Å². The first-order valence-corrected chi connectivity index (χ1v) is 11.1. The average Bonchev–Trinajstić information content (AvgIpc) is 2.64. The van der Waals surface area contributed by atoms with Gasteiger partial charge >= 0.3 is 0 Å². The molecule has 0 aromatic carbocycles. The quantitative estimate of drug-likeness (QED) is 0.577. The van der Waals surface area contributed by atoms with E-state index < -0.39 is 8.07 Å². The Morgan fingerprint density at radius 2 is 1.91 bits per heavy atom. The second-order valence-electron chi connectivity index (χ2n) is 7.29. The second-order valence-corrected chi connectivity index (χ2v) is 12.3. The number of ether oxygens (including phenoxy) is 2. The zero-order valence-electron chi connectivity index (χ0n) is 14.7. The fourth-order valence-electron chi connectivity index (χ4n) is 3.77. The van der Waals surface area contributed by atoms with Gasteiger partial charge in [0.05, 0.1) is 28.6 Å². The molecule has 120 valence electrons. The van der Waals surface area contributed by atoms with Crippen LogP contribution >= 0.6 is 0 Å². The number of carbonyl (C=O) groups excluding carboxylic acids is 1. The summed E-state index contributed by atoms with van der Waals surface area (Å²) in [6.07, 6.45) is 5.96. The Labute approximate surface area is 134 Å². The molecule has 0 fully saturated rings. The van der Waals surface area contributed by atoms with E-state index in [1.165, 1.54) is 16.3 Å². The highest BCUT2D eigenvalue weighted by atomic mass is 28.3. The van der Waals surface area contributed by atoms with Gasteiger partial charge in [-0.05, 0) is 35.4 Å². The molecule has 0 spiro atoms. The van der Waals surface area contributed by atoms with E-state index in [1.807, 2.05) is 13.0 Å². The summed E-state index contributed by atoms with van der Waals surface area (Å²) in [4.78, 5) is 12.2. The van der Waals surface area contributed by atoms with Gasteiger partial charge in [-0.1, -0.05) is 26.6 Å². The maximum Gasteiger partial charge on any atom is 0.157 e. The summed E-state index contributed by atoms with van der Waals surface area (Å²) in [5.74, 6) is 1.15. The third kappa shape index (κ3) is 2.49. The molecule has 0 aromatic rings. The first-order valence-electron chi connectivity index (χ1n) is 7.62. The SMILES string of the molecule is COC=CC1=C([Si](C)(C)C)C(OC)=C2C(C)=CC(=O)C[C@]12C. The molecule has 3 nitrogen and oxygen atoms in total. The second kappa shape index (κ2) is 5.58. The molecule has 1 atom stereocenters. The van der Waals surface area contributed by atoms with Crippen molar-refractivity contribution in [1.29, 1.82) is 0 Å². The van der Waals surface area contributed by atoms with Crippen LogP contribution in [0.4, 0.5) is 0 Å². The normalized spacial score (nSPS) is 25.8. The third-order valence-electron chi connectivity index (χ3n) is 4.49. The van der Waals surface area contributed by atoms with Crippen molar-refractivity contribution in [1.82, 2.24) is 0 Å². The van der Waals surface area contributed by atoms with Gasteiger partial charge in [0.1, 0.15) is 5.76 Å². The van der Waals surface area contributed by atoms with Gasteiger partial charge in [0.15, 0.2) is 5.78 Å². The lowest BCUT2D eigenvalue weighted by molar-refractivity contribution is -0.116. The minimum absolute atomic E-state index is 0.180. The van der Waals surface area contributed by atoms with E-state index >= 15 is 0 Å². The Morgan fingerprint density at radius 1 is 1.27 bits per heavy atom. The molecule has 22 heavy (non-hydrogen) atoms.